The molecule has 1 heterocycles. The Morgan fingerprint density at radius 1 is 1.26 bits per heavy atom. The Morgan fingerprint density at radius 3 is 2.47 bits per heavy atom. The lowest BCUT2D eigenvalue weighted by Crippen LogP contribution is -2.15. The van der Waals surface area contributed by atoms with Crippen molar-refractivity contribution < 1.29 is 8.42 Å². The SMILES string of the molecule is Cc1cc(N)ccc1S(=O)(=O)Nc1n[nH]c(C)c1C. The molecule has 6 nitrogen and oxygen atoms in total. The summed E-state index contributed by atoms with van der Waals surface area (Å²) in [7, 11) is -3.66. The fourth-order valence-electron chi connectivity index (χ4n) is 1.74. The molecule has 19 heavy (non-hydrogen) atoms. The maximum Gasteiger partial charge on any atom is 0.263 e. The number of anilines is 2. The summed E-state index contributed by atoms with van der Waals surface area (Å²) in [6.07, 6.45) is 0. The van der Waals surface area contributed by atoms with Crippen LogP contribution in [0.1, 0.15) is 16.8 Å². The molecule has 0 unspecified atom stereocenters. The zero-order valence-electron chi connectivity index (χ0n) is 11.0. The number of rotatable bonds is 3. The van der Waals surface area contributed by atoms with Gasteiger partial charge in [0.25, 0.3) is 10.0 Å². The molecule has 0 saturated carbocycles. The van der Waals surface area contributed by atoms with Crippen LogP contribution in [-0.4, -0.2) is 18.6 Å². The number of hydrogen-bond donors (Lipinski definition) is 3. The van der Waals surface area contributed by atoms with Gasteiger partial charge in [-0.2, -0.15) is 5.10 Å². The van der Waals surface area contributed by atoms with Crippen LogP contribution in [-0.2, 0) is 10.0 Å². The lowest BCUT2D eigenvalue weighted by molar-refractivity contribution is 0.600. The minimum Gasteiger partial charge on any atom is -0.399 e. The van der Waals surface area contributed by atoms with Crippen molar-refractivity contribution in [3.8, 4) is 0 Å². The van der Waals surface area contributed by atoms with E-state index in [4.69, 9.17) is 5.73 Å². The van der Waals surface area contributed by atoms with Gasteiger partial charge in [-0.3, -0.25) is 9.82 Å². The Balaban J connectivity index is 2.41. The molecule has 0 amide bonds. The highest BCUT2D eigenvalue weighted by Crippen LogP contribution is 2.22. The third-order valence-corrected chi connectivity index (χ3v) is 4.47. The van der Waals surface area contributed by atoms with Gasteiger partial charge in [-0.25, -0.2) is 8.42 Å². The van der Waals surface area contributed by atoms with E-state index in [-0.39, 0.29) is 4.90 Å². The Labute approximate surface area is 112 Å². The Hall–Kier alpha value is -2.02. The molecule has 7 heteroatoms. The summed E-state index contributed by atoms with van der Waals surface area (Å²) in [5.74, 6) is 0.314. The monoisotopic (exact) mass is 280 g/mol. The number of nitrogens with two attached hydrogens (primary N) is 1. The Bertz CT molecular complexity index is 719. The van der Waals surface area contributed by atoms with Crippen molar-refractivity contribution in [1.82, 2.24) is 10.2 Å². The maximum absolute atomic E-state index is 12.3. The van der Waals surface area contributed by atoms with Crippen LogP contribution < -0.4 is 10.5 Å². The molecular formula is C12H16N4O2S. The number of aromatic amines is 1. The summed E-state index contributed by atoms with van der Waals surface area (Å²) < 4.78 is 27.1. The summed E-state index contributed by atoms with van der Waals surface area (Å²) in [4.78, 5) is 0.196. The van der Waals surface area contributed by atoms with Crippen molar-refractivity contribution in [3.05, 3.63) is 35.0 Å². The molecule has 0 radical (unpaired) electrons. The number of hydrogen-bond acceptors (Lipinski definition) is 4. The first kappa shape index (κ1) is 13.4. The first-order valence-electron chi connectivity index (χ1n) is 5.72. The van der Waals surface area contributed by atoms with E-state index in [1.807, 2.05) is 6.92 Å². The highest BCUT2D eigenvalue weighted by Gasteiger charge is 2.19. The number of aromatic nitrogens is 2. The second-order valence-corrected chi connectivity index (χ2v) is 6.10. The first-order valence-corrected chi connectivity index (χ1v) is 7.20. The van der Waals surface area contributed by atoms with Gasteiger partial charge in [-0.05, 0) is 44.5 Å². The summed E-state index contributed by atoms with van der Waals surface area (Å²) in [5.41, 5.74) is 8.34. The highest BCUT2D eigenvalue weighted by molar-refractivity contribution is 7.92. The third kappa shape index (κ3) is 2.55. The van der Waals surface area contributed by atoms with Crippen molar-refractivity contribution in [1.29, 1.82) is 0 Å². The second-order valence-electron chi connectivity index (χ2n) is 4.45. The summed E-state index contributed by atoms with van der Waals surface area (Å²) in [5, 5.41) is 6.67. The van der Waals surface area contributed by atoms with E-state index in [1.54, 1.807) is 26.0 Å². The molecule has 1 aromatic heterocycles. The highest BCUT2D eigenvalue weighted by atomic mass is 32.2. The number of nitrogens with one attached hydrogen (secondary N) is 2. The number of aryl methyl sites for hydroxylation is 2. The van der Waals surface area contributed by atoms with Crippen LogP contribution in [0.4, 0.5) is 11.5 Å². The fraction of sp³-hybridized carbons (Fsp3) is 0.250. The zero-order chi connectivity index (χ0) is 14.2. The molecule has 1 aromatic carbocycles. The van der Waals surface area contributed by atoms with Gasteiger partial charge in [0.2, 0.25) is 0 Å². The van der Waals surface area contributed by atoms with Crippen LogP contribution in [0.5, 0.6) is 0 Å². The van der Waals surface area contributed by atoms with Crippen LogP contribution in [0.25, 0.3) is 0 Å². The second kappa shape index (κ2) is 4.58. The lowest BCUT2D eigenvalue weighted by atomic mass is 10.2. The van der Waals surface area contributed by atoms with E-state index in [0.717, 1.165) is 11.3 Å². The van der Waals surface area contributed by atoms with Crippen LogP contribution in [0.2, 0.25) is 0 Å². The normalized spacial score (nSPS) is 11.5. The number of nitrogens with zero attached hydrogens (tertiary/aromatic N) is 1. The number of benzene rings is 1. The molecule has 0 aliphatic rings. The lowest BCUT2D eigenvalue weighted by Gasteiger charge is -2.09. The molecule has 4 N–H and O–H groups in total. The van der Waals surface area contributed by atoms with Crippen LogP contribution >= 0.6 is 0 Å². The molecule has 0 aliphatic carbocycles. The van der Waals surface area contributed by atoms with Gasteiger partial charge in [0.15, 0.2) is 5.82 Å². The largest absolute Gasteiger partial charge is 0.399 e. The average Bonchev–Trinajstić information content (AvgIpc) is 2.60. The van der Waals surface area contributed by atoms with Gasteiger partial charge >= 0.3 is 0 Å². The standard InChI is InChI=1S/C12H16N4O2S/c1-7-6-10(13)4-5-11(7)19(17,18)16-12-8(2)9(3)14-15-12/h4-6H,13H2,1-3H3,(H2,14,15,16). The van der Waals surface area contributed by atoms with E-state index < -0.39 is 10.0 Å². The third-order valence-electron chi connectivity index (χ3n) is 2.97. The molecule has 102 valence electrons. The summed E-state index contributed by atoms with van der Waals surface area (Å²) >= 11 is 0. The topological polar surface area (TPSA) is 101 Å². The molecule has 2 rings (SSSR count). The van der Waals surface area contributed by atoms with Gasteiger partial charge in [0, 0.05) is 16.9 Å². The molecule has 0 bridgehead atoms. The van der Waals surface area contributed by atoms with Crippen molar-refractivity contribution in [3.63, 3.8) is 0 Å². The molecule has 2 aromatic rings. The molecule has 0 fully saturated rings. The van der Waals surface area contributed by atoms with Crippen LogP contribution in [0.15, 0.2) is 23.1 Å². The Morgan fingerprint density at radius 2 is 1.95 bits per heavy atom. The van der Waals surface area contributed by atoms with Gasteiger partial charge in [0.05, 0.1) is 4.90 Å². The van der Waals surface area contributed by atoms with Crippen molar-refractivity contribution in [2.24, 2.45) is 0 Å². The summed E-state index contributed by atoms with van der Waals surface area (Å²) in [6.45, 7) is 5.33. The van der Waals surface area contributed by atoms with E-state index in [1.165, 1.54) is 6.07 Å². The predicted molar refractivity (Wildman–Crippen MR) is 74.5 cm³/mol. The number of sulfonamides is 1. The van der Waals surface area contributed by atoms with Gasteiger partial charge in [-0.1, -0.05) is 0 Å². The first-order chi connectivity index (χ1) is 8.81. The van der Waals surface area contributed by atoms with Crippen molar-refractivity contribution >= 4 is 21.5 Å². The van der Waals surface area contributed by atoms with Gasteiger partial charge < -0.3 is 5.73 Å². The van der Waals surface area contributed by atoms with E-state index >= 15 is 0 Å². The molecule has 0 atom stereocenters. The maximum atomic E-state index is 12.3. The van der Waals surface area contributed by atoms with E-state index in [0.29, 0.717) is 17.1 Å². The summed E-state index contributed by atoms with van der Waals surface area (Å²) in [6, 6.07) is 4.67. The van der Waals surface area contributed by atoms with Gasteiger partial charge in [-0.15, -0.1) is 0 Å². The van der Waals surface area contributed by atoms with Gasteiger partial charge in [0.1, 0.15) is 0 Å². The van der Waals surface area contributed by atoms with E-state index in [2.05, 4.69) is 14.9 Å². The fourth-order valence-corrected chi connectivity index (χ4v) is 3.03. The minimum atomic E-state index is -3.66. The smallest absolute Gasteiger partial charge is 0.263 e. The minimum absolute atomic E-state index is 0.196. The average molecular weight is 280 g/mol. The molecule has 0 saturated heterocycles. The van der Waals surface area contributed by atoms with Crippen molar-refractivity contribution in [2.75, 3.05) is 10.5 Å². The molecular weight excluding hydrogens is 264 g/mol. The quantitative estimate of drug-likeness (QED) is 0.745. The molecule has 0 aliphatic heterocycles. The molecule has 0 spiro atoms. The number of nitrogen functional groups attached to an aromatic ring is 1. The van der Waals surface area contributed by atoms with Crippen LogP contribution in [0.3, 0.4) is 0 Å². The predicted octanol–water partition coefficient (Wildman–Crippen LogP) is 1.72. The zero-order valence-corrected chi connectivity index (χ0v) is 11.8. The van der Waals surface area contributed by atoms with E-state index in [9.17, 15) is 8.42 Å². The number of H-pyrrole nitrogens is 1. The Kier molecular flexibility index (Phi) is 3.23. The van der Waals surface area contributed by atoms with Crippen LogP contribution in [0, 0.1) is 20.8 Å². The van der Waals surface area contributed by atoms with Crippen molar-refractivity contribution in [2.45, 2.75) is 25.7 Å².